The van der Waals surface area contributed by atoms with Crippen molar-refractivity contribution in [2.75, 3.05) is 0 Å². The molecule has 1 heterocycles. The van der Waals surface area contributed by atoms with E-state index in [2.05, 4.69) is 5.10 Å². The Morgan fingerprint density at radius 1 is 1.22 bits per heavy atom. The predicted octanol–water partition coefficient (Wildman–Crippen LogP) is 2.93. The van der Waals surface area contributed by atoms with Crippen LogP contribution in [0.2, 0.25) is 0 Å². The number of ketones is 1. The molecule has 0 saturated heterocycles. The van der Waals surface area contributed by atoms with E-state index in [1.807, 2.05) is 51.2 Å². The Kier molecular flexibility index (Phi) is 3.42. The number of aryl methyl sites for hydroxylation is 2. The van der Waals surface area contributed by atoms with Crippen LogP contribution in [0.25, 0.3) is 6.08 Å². The van der Waals surface area contributed by atoms with Crippen LogP contribution in [-0.4, -0.2) is 15.6 Å². The van der Waals surface area contributed by atoms with Gasteiger partial charge in [-0.1, -0.05) is 29.8 Å². The highest BCUT2D eigenvalue weighted by Crippen LogP contribution is 2.10. The molecule has 0 saturated carbocycles. The third kappa shape index (κ3) is 2.56. The molecule has 0 radical (unpaired) electrons. The fourth-order valence-corrected chi connectivity index (χ4v) is 1.66. The van der Waals surface area contributed by atoms with E-state index in [0.717, 1.165) is 16.8 Å². The van der Waals surface area contributed by atoms with Crippen molar-refractivity contribution in [2.24, 2.45) is 7.05 Å². The maximum absolute atomic E-state index is 11.9. The first-order valence-electron chi connectivity index (χ1n) is 5.85. The van der Waals surface area contributed by atoms with Crippen molar-refractivity contribution in [3.05, 3.63) is 58.9 Å². The number of hydrogen-bond acceptors (Lipinski definition) is 2. The van der Waals surface area contributed by atoms with Crippen LogP contribution in [0.3, 0.4) is 0 Å². The van der Waals surface area contributed by atoms with E-state index in [-0.39, 0.29) is 5.78 Å². The number of rotatable bonds is 3. The van der Waals surface area contributed by atoms with Crippen LogP contribution in [0.1, 0.15) is 27.2 Å². The number of benzene rings is 1. The molecule has 0 amide bonds. The SMILES string of the molecule is Cc1ccc(C(=O)C=Cc2cnn(C)c2C)cc1. The smallest absolute Gasteiger partial charge is 0.185 e. The summed E-state index contributed by atoms with van der Waals surface area (Å²) in [7, 11) is 1.88. The van der Waals surface area contributed by atoms with Crippen molar-refractivity contribution in [1.29, 1.82) is 0 Å². The Balaban J connectivity index is 2.16. The molecule has 0 N–H and O–H groups in total. The van der Waals surface area contributed by atoms with E-state index >= 15 is 0 Å². The average molecular weight is 240 g/mol. The number of aromatic nitrogens is 2. The van der Waals surface area contributed by atoms with E-state index in [1.165, 1.54) is 0 Å². The Labute approximate surface area is 107 Å². The Morgan fingerprint density at radius 2 is 1.89 bits per heavy atom. The lowest BCUT2D eigenvalue weighted by Gasteiger charge is -1.97. The van der Waals surface area contributed by atoms with Gasteiger partial charge in [0.2, 0.25) is 0 Å². The molecule has 0 atom stereocenters. The quantitative estimate of drug-likeness (QED) is 0.610. The third-order valence-electron chi connectivity index (χ3n) is 3.02. The molecule has 3 heteroatoms. The first-order chi connectivity index (χ1) is 8.58. The summed E-state index contributed by atoms with van der Waals surface area (Å²) in [6.07, 6.45) is 5.16. The lowest BCUT2D eigenvalue weighted by molar-refractivity contribution is 0.104. The lowest BCUT2D eigenvalue weighted by atomic mass is 10.1. The number of carbonyl (C=O) groups is 1. The highest BCUT2D eigenvalue weighted by Gasteiger charge is 2.03. The van der Waals surface area contributed by atoms with E-state index in [4.69, 9.17) is 0 Å². The van der Waals surface area contributed by atoms with Gasteiger partial charge in [-0.15, -0.1) is 0 Å². The second-order valence-electron chi connectivity index (χ2n) is 4.37. The molecule has 0 aliphatic carbocycles. The molecule has 0 aliphatic rings. The van der Waals surface area contributed by atoms with Crippen molar-refractivity contribution in [3.8, 4) is 0 Å². The average Bonchev–Trinajstić information content (AvgIpc) is 2.68. The fraction of sp³-hybridized carbons (Fsp3) is 0.200. The maximum Gasteiger partial charge on any atom is 0.185 e. The van der Waals surface area contributed by atoms with Crippen LogP contribution in [0.5, 0.6) is 0 Å². The monoisotopic (exact) mass is 240 g/mol. The molecular weight excluding hydrogens is 224 g/mol. The van der Waals surface area contributed by atoms with E-state index in [9.17, 15) is 4.79 Å². The van der Waals surface area contributed by atoms with Gasteiger partial charge < -0.3 is 0 Å². The summed E-state index contributed by atoms with van der Waals surface area (Å²) >= 11 is 0. The molecule has 18 heavy (non-hydrogen) atoms. The topological polar surface area (TPSA) is 34.9 Å². The van der Waals surface area contributed by atoms with Crippen LogP contribution in [0.4, 0.5) is 0 Å². The van der Waals surface area contributed by atoms with Gasteiger partial charge in [0.15, 0.2) is 5.78 Å². The van der Waals surface area contributed by atoms with Gasteiger partial charge in [0.05, 0.1) is 6.20 Å². The zero-order valence-electron chi connectivity index (χ0n) is 10.8. The first-order valence-corrected chi connectivity index (χ1v) is 5.85. The number of carbonyl (C=O) groups excluding carboxylic acids is 1. The van der Waals surface area contributed by atoms with Crippen LogP contribution >= 0.6 is 0 Å². The van der Waals surface area contributed by atoms with Gasteiger partial charge in [0.1, 0.15) is 0 Å². The summed E-state index contributed by atoms with van der Waals surface area (Å²) in [5.74, 6) is 0.0123. The molecule has 0 unspecified atom stereocenters. The molecule has 92 valence electrons. The maximum atomic E-state index is 11.9. The molecular formula is C15H16N2O. The van der Waals surface area contributed by atoms with E-state index in [0.29, 0.717) is 5.56 Å². The lowest BCUT2D eigenvalue weighted by Crippen LogP contribution is -1.94. The van der Waals surface area contributed by atoms with Gasteiger partial charge in [0, 0.05) is 23.9 Å². The van der Waals surface area contributed by atoms with Crippen molar-refractivity contribution >= 4 is 11.9 Å². The van der Waals surface area contributed by atoms with Crippen LogP contribution in [0, 0.1) is 13.8 Å². The molecule has 1 aromatic carbocycles. The molecule has 2 rings (SSSR count). The number of allylic oxidation sites excluding steroid dienone is 1. The molecule has 0 fully saturated rings. The van der Waals surface area contributed by atoms with Gasteiger partial charge in [-0.05, 0) is 26.0 Å². The molecule has 0 aliphatic heterocycles. The zero-order chi connectivity index (χ0) is 13.1. The summed E-state index contributed by atoms with van der Waals surface area (Å²) in [6.45, 7) is 3.98. The number of nitrogens with zero attached hydrogens (tertiary/aromatic N) is 2. The molecule has 1 aromatic heterocycles. The zero-order valence-corrected chi connectivity index (χ0v) is 10.8. The largest absolute Gasteiger partial charge is 0.289 e. The van der Waals surface area contributed by atoms with Crippen molar-refractivity contribution < 1.29 is 4.79 Å². The van der Waals surface area contributed by atoms with Gasteiger partial charge in [-0.3, -0.25) is 9.48 Å². The van der Waals surface area contributed by atoms with Gasteiger partial charge in [0.25, 0.3) is 0 Å². The van der Waals surface area contributed by atoms with Gasteiger partial charge in [-0.25, -0.2) is 0 Å². The molecule has 2 aromatic rings. The third-order valence-corrected chi connectivity index (χ3v) is 3.02. The van der Waals surface area contributed by atoms with Crippen LogP contribution in [0.15, 0.2) is 36.5 Å². The normalized spacial score (nSPS) is 11.1. The summed E-state index contributed by atoms with van der Waals surface area (Å²) < 4.78 is 1.79. The highest BCUT2D eigenvalue weighted by atomic mass is 16.1. The van der Waals surface area contributed by atoms with Crippen molar-refractivity contribution in [2.45, 2.75) is 13.8 Å². The van der Waals surface area contributed by atoms with Crippen molar-refractivity contribution in [3.63, 3.8) is 0 Å². The minimum atomic E-state index is 0.0123. The standard InChI is InChI=1S/C15H16N2O/c1-11-4-6-13(7-5-11)15(18)9-8-14-10-16-17(3)12(14)2/h4-10H,1-3H3. The second-order valence-corrected chi connectivity index (χ2v) is 4.37. The van der Waals surface area contributed by atoms with E-state index in [1.54, 1.807) is 17.0 Å². The summed E-state index contributed by atoms with van der Waals surface area (Å²) in [5, 5.41) is 4.13. The van der Waals surface area contributed by atoms with Gasteiger partial charge >= 0.3 is 0 Å². The number of hydrogen-bond donors (Lipinski definition) is 0. The van der Waals surface area contributed by atoms with E-state index < -0.39 is 0 Å². The van der Waals surface area contributed by atoms with Crippen molar-refractivity contribution in [1.82, 2.24) is 9.78 Å². The molecule has 3 nitrogen and oxygen atoms in total. The minimum Gasteiger partial charge on any atom is -0.289 e. The highest BCUT2D eigenvalue weighted by molar-refractivity contribution is 6.06. The molecule has 0 bridgehead atoms. The first kappa shape index (κ1) is 12.3. The Hall–Kier alpha value is -2.16. The Morgan fingerprint density at radius 3 is 2.44 bits per heavy atom. The van der Waals surface area contributed by atoms with Gasteiger partial charge in [-0.2, -0.15) is 5.10 Å². The summed E-state index contributed by atoms with van der Waals surface area (Å²) in [6, 6.07) is 7.57. The molecule has 0 spiro atoms. The minimum absolute atomic E-state index is 0.0123. The Bertz CT molecular complexity index is 591. The fourth-order valence-electron chi connectivity index (χ4n) is 1.66. The van der Waals surface area contributed by atoms with Crippen LogP contribution < -0.4 is 0 Å². The summed E-state index contributed by atoms with van der Waals surface area (Å²) in [4.78, 5) is 11.9. The van der Waals surface area contributed by atoms with Crippen LogP contribution in [-0.2, 0) is 7.05 Å². The predicted molar refractivity (Wildman–Crippen MR) is 72.5 cm³/mol. The summed E-state index contributed by atoms with van der Waals surface area (Å²) in [5.41, 5.74) is 3.87. The second kappa shape index (κ2) is 5.00.